The summed E-state index contributed by atoms with van der Waals surface area (Å²) in [6, 6.07) is 0. The molecule has 158 valence electrons. The summed E-state index contributed by atoms with van der Waals surface area (Å²) >= 11 is 0. The summed E-state index contributed by atoms with van der Waals surface area (Å²) in [7, 11) is 0. The molecule has 0 fully saturated rings. The van der Waals surface area contributed by atoms with E-state index in [4.69, 9.17) is 14.2 Å². The zero-order valence-corrected chi connectivity index (χ0v) is 16.9. The molecule has 0 aromatic rings. The summed E-state index contributed by atoms with van der Waals surface area (Å²) in [4.78, 5) is 22.9. The molecule has 0 aliphatic heterocycles. The molecule has 0 aliphatic carbocycles. The molecule has 2 N–H and O–H groups in total. The highest BCUT2D eigenvalue weighted by Crippen LogP contribution is 2.17. The van der Waals surface area contributed by atoms with Crippen LogP contribution in [0.2, 0.25) is 0 Å². The van der Waals surface area contributed by atoms with Crippen molar-refractivity contribution < 1.29 is 31.0 Å². The first-order valence-electron chi connectivity index (χ1n) is 9.08. The topological polar surface area (TPSA) is 85.9 Å². The molecule has 0 heterocycles. The van der Waals surface area contributed by atoms with Crippen LogP contribution in [0.5, 0.6) is 0 Å². The van der Waals surface area contributed by atoms with Gasteiger partial charge in [0.05, 0.1) is 38.1 Å². The van der Waals surface area contributed by atoms with E-state index < -0.39 is 11.8 Å². The molecule has 0 bridgehead atoms. The number of alkyl halides is 1. The van der Waals surface area contributed by atoms with E-state index in [2.05, 4.69) is 10.6 Å². The van der Waals surface area contributed by atoms with E-state index in [1.807, 2.05) is 13.8 Å². The van der Waals surface area contributed by atoms with Crippen molar-refractivity contribution in [3.05, 3.63) is 0 Å². The third kappa shape index (κ3) is 12.2. The molecular weight excluding hydrogens is 343 g/mol. The first kappa shape index (κ1) is 24.8. The van der Waals surface area contributed by atoms with Gasteiger partial charge in [-0.2, -0.15) is 0 Å². The molecule has 0 saturated carbocycles. The van der Waals surface area contributed by atoms with Crippen LogP contribution in [0.25, 0.3) is 0 Å². The van der Waals surface area contributed by atoms with Crippen molar-refractivity contribution in [3.8, 4) is 0 Å². The Bertz CT molecular complexity index is 427. The summed E-state index contributed by atoms with van der Waals surface area (Å²) in [5.74, 6) is -0.562. The lowest BCUT2D eigenvalue weighted by Crippen LogP contribution is -2.45. The molecule has 0 saturated heterocycles. The number of rotatable bonds is 14. The van der Waals surface area contributed by atoms with Gasteiger partial charge in [0, 0.05) is 15.3 Å². The monoisotopic (exact) mass is 382 g/mol. The van der Waals surface area contributed by atoms with E-state index in [0.717, 1.165) is 0 Å². The number of amides is 2. The van der Waals surface area contributed by atoms with Gasteiger partial charge in [-0.05, 0) is 27.7 Å². The van der Waals surface area contributed by atoms with Crippen LogP contribution in [-0.2, 0) is 23.8 Å². The van der Waals surface area contributed by atoms with Crippen LogP contribution in [0.15, 0.2) is 0 Å². The van der Waals surface area contributed by atoms with Gasteiger partial charge in [0.15, 0.2) is 0 Å². The van der Waals surface area contributed by atoms with E-state index in [-0.39, 0.29) is 53.1 Å². The van der Waals surface area contributed by atoms with Crippen LogP contribution >= 0.6 is 0 Å². The Morgan fingerprint density at radius 3 is 2.31 bits per heavy atom. The molecule has 0 radical (unpaired) electrons. The van der Waals surface area contributed by atoms with Gasteiger partial charge in [-0.3, -0.25) is 9.59 Å². The van der Waals surface area contributed by atoms with Crippen LogP contribution in [0.3, 0.4) is 0 Å². The second-order valence-electron chi connectivity index (χ2n) is 7.14. The Balaban J connectivity index is -0.00000312. The molecule has 0 aliphatic rings. The highest BCUT2D eigenvalue weighted by molar-refractivity contribution is 5.77. The lowest BCUT2D eigenvalue weighted by Gasteiger charge is -2.29. The van der Waals surface area contributed by atoms with E-state index in [1.54, 1.807) is 27.7 Å². The van der Waals surface area contributed by atoms with Crippen molar-refractivity contribution in [1.29, 1.82) is 0 Å². The number of carbonyl (C=O) groups is 2. The van der Waals surface area contributed by atoms with Gasteiger partial charge in [0.25, 0.3) is 0 Å². The largest absolute Gasteiger partial charge is 0.377 e. The minimum absolute atomic E-state index is 0. The van der Waals surface area contributed by atoms with E-state index >= 15 is 0 Å². The highest BCUT2D eigenvalue weighted by atomic mass is 19.1. The zero-order valence-electron chi connectivity index (χ0n) is 16.9. The SMILES string of the molecule is CC(C)OCC(=O)NCCOCCOC(C)(C)C(F)CNC(=O)C(C)C.[HH].[HH]. The molecule has 26 heavy (non-hydrogen) atoms. The van der Waals surface area contributed by atoms with Crippen molar-refractivity contribution in [2.24, 2.45) is 5.92 Å². The fourth-order valence-corrected chi connectivity index (χ4v) is 1.75. The summed E-state index contributed by atoms with van der Waals surface area (Å²) < 4.78 is 30.2. The molecule has 8 heteroatoms. The van der Waals surface area contributed by atoms with Crippen molar-refractivity contribution in [2.45, 2.75) is 59.4 Å². The van der Waals surface area contributed by atoms with Gasteiger partial charge in [0.2, 0.25) is 11.8 Å². The number of ether oxygens (including phenoxy) is 3. The highest BCUT2D eigenvalue weighted by Gasteiger charge is 2.30. The Hall–Kier alpha value is -1.25. The maximum atomic E-state index is 14.2. The van der Waals surface area contributed by atoms with Crippen molar-refractivity contribution in [3.63, 3.8) is 0 Å². The van der Waals surface area contributed by atoms with Crippen molar-refractivity contribution in [1.82, 2.24) is 10.6 Å². The van der Waals surface area contributed by atoms with E-state index in [9.17, 15) is 14.0 Å². The standard InChI is InChI=1S/C18H35FN2O5.2H2/c1-13(2)17(23)21-11-15(19)18(5,6)26-10-9-24-8-7-20-16(22)12-25-14(3)4;;/h13-15H,7-12H2,1-6H3,(H,20,22)(H,21,23);2*1H. The second-order valence-corrected chi connectivity index (χ2v) is 7.14. The fourth-order valence-electron chi connectivity index (χ4n) is 1.75. The third-order valence-corrected chi connectivity index (χ3v) is 3.55. The van der Waals surface area contributed by atoms with Gasteiger partial charge in [-0.15, -0.1) is 0 Å². The molecule has 7 nitrogen and oxygen atoms in total. The summed E-state index contributed by atoms with van der Waals surface area (Å²) in [5, 5.41) is 5.23. The van der Waals surface area contributed by atoms with Gasteiger partial charge < -0.3 is 24.8 Å². The second kappa shape index (κ2) is 13.0. The molecule has 0 rings (SSSR count). The van der Waals surface area contributed by atoms with Gasteiger partial charge >= 0.3 is 0 Å². The number of halogens is 1. The maximum Gasteiger partial charge on any atom is 0.246 e. The average molecular weight is 383 g/mol. The summed E-state index contributed by atoms with van der Waals surface area (Å²) in [6.07, 6.45) is -1.32. The zero-order chi connectivity index (χ0) is 20.2. The molecule has 2 amide bonds. The Morgan fingerprint density at radius 1 is 1.08 bits per heavy atom. The number of hydrogen-bond acceptors (Lipinski definition) is 5. The summed E-state index contributed by atoms with van der Waals surface area (Å²) in [6.45, 7) is 11.6. The first-order chi connectivity index (χ1) is 12.1. The minimum Gasteiger partial charge on any atom is -0.377 e. The van der Waals surface area contributed by atoms with Gasteiger partial charge in [-0.1, -0.05) is 13.8 Å². The van der Waals surface area contributed by atoms with Gasteiger partial charge in [-0.25, -0.2) is 4.39 Å². The minimum atomic E-state index is -1.33. The van der Waals surface area contributed by atoms with E-state index in [1.165, 1.54) is 0 Å². The molecular formula is C18H39FN2O5. The Morgan fingerprint density at radius 2 is 1.73 bits per heavy atom. The summed E-state index contributed by atoms with van der Waals surface area (Å²) in [5.41, 5.74) is -1.03. The quantitative estimate of drug-likeness (QED) is 0.449. The predicted octanol–water partition coefficient (Wildman–Crippen LogP) is 1.94. The van der Waals surface area contributed by atoms with Crippen molar-refractivity contribution in [2.75, 3.05) is 39.5 Å². The average Bonchev–Trinajstić information content (AvgIpc) is 2.56. The van der Waals surface area contributed by atoms with Crippen LogP contribution in [0.1, 0.15) is 44.4 Å². The third-order valence-electron chi connectivity index (χ3n) is 3.55. The predicted molar refractivity (Wildman–Crippen MR) is 102 cm³/mol. The number of carbonyl (C=O) groups excluding carboxylic acids is 2. The van der Waals surface area contributed by atoms with Gasteiger partial charge in [0.1, 0.15) is 12.8 Å². The molecule has 0 spiro atoms. The fraction of sp³-hybridized carbons (Fsp3) is 0.889. The smallest absolute Gasteiger partial charge is 0.246 e. The molecule has 0 aromatic heterocycles. The number of nitrogens with one attached hydrogen (secondary N) is 2. The van der Waals surface area contributed by atoms with Crippen molar-refractivity contribution >= 4 is 11.8 Å². The normalized spacial score (nSPS) is 13.1. The van der Waals surface area contributed by atoms with Crippen LogP contribution in [-0.4, -0.2) is 69.2 Å². The van der Waals surface area contributed by atoms with Crippen LogP contribution in [0.4, 0.5) is 4.39 Å². The Labute approximate surface area is 159 Å². The Kier molecular flexibility index (Phi) is 12.4. The maximum absolute atomic E-state index is 14.2. The molecule has 1 atom stereocenters. The molecule has 1 unspecified atom stereocenters. The lowest BCUT2D eigenvalue weighted by atomic mass is 10.0. The van der Waals surface area contributed by atoms with Crippen LogP contribution < -0.4 is 10.6 Å². The van der Waals surface area contributed by atoms with Crippen LogP contribution in [0, 0.1) is 5.92 Å². The van der Waals surface area contributed by atoms with E-state index in [0.29, 0.717) is 13.2 Å². The lowest BCUT2D eigenvalue weighted by molar-refractivity contribution is -0.127. The first-order valence-corrected chi connectivity index (χ1v) is 9.08. The molecule has 0 aromatic carbocycles. The number of hydrogen-bond donors (Lipinski definition) is 2.